The summed E-state index contributed by atoms with van der Waals surface area (Å²) in [6.07, 6.45) is 2.59. The first-order chi connectivity index (χ1) is 9.16. The van der Waals surface area contributed by atoms with Crippen molar-refractivity contribution in [2.24, 2.45) is 0 Å². The third kappa shape index (κ3) is 3.49. The predicted octanol–water partition coefficient (Wildman–Crippen LogP) is 3.68. The molecule has 0 aromatic heterocycles. The van der Waals surface area contributed by atoms with Crippen LogP contribution in [0.5, 0.6) is 0 Å². The molecule has 19 heavy (non-hydrogen) atoms. The van der Waals surface area contributed by atoms with Crippen molar-refractivity contribution in [1.29, 1.82) is 0 Å². The van der Waals surface area contributed by atoms with Crippen LogP contribution in [0.15, 0.2) is 66.7 Å². The molecule has 2 nitrogen and oxygen atoms in total. The van der Waals surface area contributed by atoms with Gasteiger partial charge in [-0.3, -0.25) is 9.59 Å². The van der Waals surface area contributed by atoms with E-state index in [1.165, 1.54) is 19.1 Å². The van der Waals surface area contributed by atoms with E-state index >= 15 is 0 Å². The van der Waals surface area contributed by atoms with Gasteiger partial charge in [-0.25, -0.2) is 0 Å². The summed E-state index contributed by atoms with van der Waals surface area (Å²) in [7, 11) is 0. The topological polar surface area (TPSA) is 34.1 Å². The van der Waals surface area contributed by atoms with Gasteiger partial charge in [0, 0.05) is 5.56 Å². The summed E-state index contributed by atoms with van der Waals surface area (Å²) < 4.78 is 0. The highest BCUT2D eigenvalue weighted by Crippen LogP contribution is 2.19. The Kier molecular flexibility index (Phi) is 4.04. The number of ketones is 2. The van der Waals surface area contributed by atoms with Crippen molar-refractivity contribution in [2.75, 3.05) is 0 Å². The van der Waals surface area contributed by atoms with Crippen LogP contribution in [0.1, 0.15) is 17.3 Å². The average molecular weight is 250 g/mol. The van der Waals surface area contributed by atoms with Gasteiger partial charge in [0.05, 0.1) is 0 Å². The molecule has 2 aromatic carbocycles. The molecule has 0 saturated carbocycles. The summed E-state index contributed by atoms with van der Waals surface area (Å²) in [6.45, 7) is 1.42. The average Bonchev–Trinajstić information content (AvgIpc) is 2.46. The molecule has 0 N–H and O–H groups in total. The summed E-state index contributed by atoms with van der Waals surface area (Å²) in [5.41, 5.74) is 2.76. The standard InChI is InChI=1S/C17H14O2/c1-13(18)7-12-17(19)16-10-8-15(9-11-16)14-5-3-2-4-6-14/h2-12H,1H3. The monoisotopic (exact) mass is 250 g/mol. The Morgan fingerprint density at radius 2 is 1.37 bits per heavy atom. The van der Waals surface area contributed by atoms with E-state index in [0.717, 1.165) is 11.1 Å². The lowest BCUT2D eigenvalue weighted by Crippen LogP contribution is -1.95. The molecule has 0 aliphatic carbocycles. The minimum atomic E-state index is -0.158. The van der Waals surface area contributed by atoms with E-state index in [-0.39, 0.29) is 11.6 Å². The molecule has 0 saturated heterocycles. The maximum atomic E-state index is 11.8. The predicted molar refractivity (Wildman–Crippen MR) is 76.0 cm³/mol. The lowest BCUT2D eigenvalue weighted by molar-refractivity contribution is -0.112. The van der Waals surface area contributed by atoms with Gasteiger partial charge >= 0.3 is 0 Å². The molecule has 0 amide bonds. The van der Waals surface area contributed by atoms with Crippen LogP contribution in [0.4, 0.5) is 0 Å². The number of hydrogen-bond acceptors (Lipinski definition) is 2. The van der Waals surface area contributed by atoms with Crippen LogP contribution in [0.3, 0.4) is 0 Å². The summed E-state index contributed by atoms with van der Waals surface area (Å²) in [6, 6.07) is 17.3. The minimum absolute atomic E-state index is 0.130. The summed E-state index contributed by atoms with van der Waals surface area (Å²) in [5, 5.41) is 0. The SMILES string of the molecule is CC(=O)C=CC(=O)c1ccc(-c2ccccc2)cc1. The Hall–Kier alpha value is -2.48. The van der Waals surface area contributed by atoms with Crippen molar-refractivity contribution in [2.45, 2.75) is 6.92 Å². The van der Waals surface area contributed by atoms with Gasteiger partial charge in [-0.15, -0.1) is 0 Å². The maximum Gasteiger partial charge on any atom is 0.185 e. The van der Waals surface area contributed by atoms with Gasteiger partial charge in [0.1, 0.15) is 0 Å². The number of carbonyl (C=O) groups is 2. The lowest BCUT2D eigenvalue weighted by Gasteiger charge is -2.02. The van der Waals surface area contributed by atoms with E-state index in [9.17, 15) is 9.59 Å². The largest absolute Gasteiger partial charge is 0.295 e. The van der Waals surface area contributed by atoms with Crippen molar-refractivity contribution >= 4 is 11.6 Å². The first-order valence-electron chi connectivity index (χ1n) is 6.05. The molecule has 0 unspecified atom stereocenters. The molecule has 2 aromatic rings. The van der Waals surface area contributed by atoms with Crippen molar-refractivity contribution in [3.05, 3.63) is 72.3 Å². The van der Waals surface area contributed by atoms with Gasteiger partial charge in [0.2, 0.25) is 0 Å². The highest BCUT2D eigenvalue weighted by Gasteiger charge is 2.02. The molecule has 0 aliphatic heterocycles. The smallest absolute Gasteiger partial charge is 0.185 e. The van der Waals surface area contributed by atoms with Crippen LogP contribution in [0.2, 0.25) is 0 Å². The second-order valence-corrected chi connectivity index (χ2v) is 4.25. The van der Waals surface area contributed by atoms with Crippen LogP contribution in [-0.2, 0) is 4.79 Å². The summed E-state index contributed by atoms with van der Waals surface area (Å²) in [4.78, 5) is 22.5. The Balaban J connectivity index is 2.19. The fourth-order valence-electron chi connectivity index (χ4n) is 1.75. The van der Waals surface area contributed by atoms with Crippen molar-refractivity contribution < 1.29 is 9.59 Å². The van der Waals surface area contributed by atoms with Gasteiger partial charge in [-0.05, 0) is 30.2 Å². The highest BCUT2D eigenvalue weighted by atomic mass is 16.1. The molecule has 2 rings (SSSR count). The number of rotatable bonds is 4. The second kappa shape index (κ2) is 5.91. The van der Waals surface area contributed by atoms with Crippen molar-refractivity contribution in [1.82, 2.24) is 0 Å². The molecule has 0 heterocycles. The zero-order valence-electron chi connectivity index (χ0n) is 10.7. The third-order valence-electron chi connectivity index (χ3n) is 2.75. The van der Waals surface area contributed by atoms with Gasteiger partial charge in [0.25, 0.3) is 0 Å². The molecular weight excluding hydrogens is 236 g/mol. The molecule has 2 heteroatoms. The van der Waals surface area contributed by atoms with Gasteiger partial charge < -0.3 is 0 Å². The van der Waals surface area contributed by atoms with E-state index < -0.39 is 0 Å². The highest BCUT2D eigenvalue weighted by molar-refractivity contribution is 6.07. The number of allylic oxidation sites excluding steroid dienone is 2. The van der Waals surface area contributed by atoms with Crippen LogP contribution in [0.25, 0.3) is 11.1 Å². The first kappa shape index (κ1) is 13.0. The van der Waals surface area contributed by atoms with E-state index in [2.05, 4.69) is 0 Å². The molecular formula is C17H14O2. The quantitative estimate of drug-likeness (QED) is 0.612. The van der Waals surface area contributed by atoms with Crippen LogP contribution >= 0.6 is 0 Å². The second-order valence-electron chi connectivity index (χ2n) is 4.25. The Morgan fingerprint density at radius 3 is 1.95 bits per heavy atom. The van der Waals surface area contributed by atoms with Gasteiger partial charge in [0.15, 0.2) is 11.6 Å². The zero-order valence-corrected chi connectivity index (χ0v) is 10.7. The molecule has 94 valence electrons. The minimum Gasteiger partial charge on any atom is -0.295 e. The van der Waals surface area contributed by atoms with Gasteiger partial charge in [-0.2, -0.15) is 0 Å². The maximum absolute atomic E-state index is 11.8. The fraction of sp³-hybridized carbons (Fsp3) is 0.0588. The number of carbonyl (C=O) groups excluding carboxylic acids is 2. The van der Waals surface area contributed by atoms with E-state index in [0.29, 0.717) is 5.56 Å². The Morgan fingerprint density at radius 1 is 0.789 bits per heavy atom. The Bertz CT molecular complexity index is 607. The van der Waals surface area contributed by atoms with Gasteiger partial charge in [-0.1, -0.05) is 54.6 Å². The van der Waals surface area contributed by atoms with E-state index in [1.54, 1.807) is 12.1 Å². The normalized spacial score (nSPS) is 10.6. The molecule has 0 bridgehead atoms. The van der Waals surface area contributed by atoms with Crippen LogP contribution in [-0.4, -0.2) is 11.6 Å². The molecule has 0 spiro atoms. The number of hydrogen-bond donors (Lipinski definition) is 0. The molecule has 0 fully saturated rings. The summed E-state index contributed by atoms with van der Waals surface area (Å²) in [5.74, 6) is -0.288. The van der Waals surface area contributed by atoms with Crippen molar-refractivity contribution in [3.8, 4) is 11.1 Å². The van der Waals surface area contributed by atoms with E-state index in [1.807, 2.05) is 42.5 Å². The van der Waals surface area contributed by atoms with E-state index in [4.69, 9.17) is 0 Å². The summed E-state index contributed by atoms with van der Waals surface area (Å²) >= 11 is 0. The zero-order chi connectivity index (χ0) is 13.7. The third-order valence-corrected chi connectivity index (χ3v) is 2.75. The fourth-order valence-corrected chi connectivity index (χ4v) is 1.75. The Labute approximate surface area is 112 Å². The van der Waals surface area contributed by atoms with Crippen LogP contribution < -0.4 is 0 Å². The van der Waals surface area contributed by atoms with Crippen LogP contribution in [0, 0.1) is 0 Å². The molecule has 0 atom stereocenters. The molecule has 0 aliphatic rings. The molecule has 0 radical (unpaired) electrons. The number of benzene rings is 2. The first-order valence-corrected chi connectivity index (χ1v) is 6.05. The lowest BCUT2D eigenvalue weighted by atomic mass is 10.0. The van der Waals surface area contributed by atoms with Crippen molar-refractivity contribution in [3.63, 3.8) is 0 Å².